The van der Waals surface area contributed by atoms with Gasteiger partial charge in [0.05, 0.1) is 24.0 Å². The zero-order valence-electron chi connectivity index (χ0n) is 16.7. The van der Waals surface area contributed by atoms with Gasteiger partial charge in [0, 0.05) is 0 Å². The zero-order chi connectivity index (χ0) is 20.6. The fourth-order valence-corrected chi connectivity index (χ4v) is 3.44. The Morgan fingerprint density at radius 1 is 1.14 bits per heavy atom. The van der Waals surface area contributed by atoms with Gasteiger partial charge in [0.2, 0.25) is 0 Å². The molecule has 2 rings (SSSR count). The van der Waals surface area contributed by atoms with Crippen LogP contribution in [-0.2, 0) is 21.0 Å². The van der Waals surface area contributed by atoms with Crippen LogP contribution in [-0.4, -0.2) is 26.4 Å². The first-order valence-electron chi connectivity index (χ1n) is 9.85. The van der Waals surface area contributed by atoms with Crippen molar-refractivity contribution < 1.29 is 18.9 Å². The van der Waals surface area contributed by atoms with Crippen molar-refractivity contribution in [3.63, 3.8) is 0 Å². The quantitative estimate of drug-likeness (QED) is 0.307. The standard InChI is InChI=1S/C20H32N3O4P/c1-3-4-5-6-7-8-9-16-10-12-17(13-11-16)18-14-22-19(23-18)20(2,21)15-27-28(24,25)26/h10-14H,3-9,15,21H2,1-2H3,(H,22,23)(H2,24,25,26)/t20-/m1/s1. The number of imidazole rings is 1. The van der Waals surface area contributed by atoms with Crippen molar-refractivity contribution in [2.24, 2.45) is 5.73 Å². The molecule has 1 atom stereocenters. The lowest BCUT2D eigenvalue weighted by Crippen LogP contribution is -2.39. The molecule has 0 unspecified atom stereocenters. The molecule has 0 radical (unpaired) electrons. The molecule has 0 bridgehead atoms. The molecule has 1 aromatic heterocycles. The summed E-state index contributed by atoms with van der Waals surface area (Å²) in [5.41, 5.74) is 8.06. The summed E-state index contributed by atoms with van der Waals surface area (Å²) in [6.45, 7) is 3.49. The second-order valence-corrected chi connectivity index (χ2v) is 8.78. The summed E-state index contributed by atoms with van der Waals surface area (Å²) in [6, 6.07) is 8.34. The van der Waals surface area contributed by atoms with Gasteiger partial charge in [0.1, 0.15) is 5.82 Å². The van der Waals surface area contributed by atoms with Crippen LogP contribution in [0.2, 0.25) is 0 Å². The predicted molar refractivity (Wildman–Crippen MR) is 111 cm³/mol. The zero-order valence-corrected chi connectivity index (χ0v) is 17.6. The van der Waals surface area contributed by atoms with Crippen molar-refractivity contribution in [3.05, 3.63) is 41.9 Å². The van der Waals surface area contributed by atoms with Crippen LogP contribution < -0.4 is 5.73 Å². The number of aryl methyl sites for hydroxylation is 1. The van der Waals surface area contributed by atoms with Crippen LogP contribution in [0, 0.1) is 0 Å². The second kappa shape index (κ2) is 10.3. The lowest BCUT2D eigenvalue weighted by atomic mass is 10.0. The highest BCUT2D eigenvalue weighted by atomic mass is 31.2. The van der Waals surface area contributed by atoms with Gasteiger partial charge in [-0.25, -0.2) is 9.55 Å². The van der Waals surface area contributed by atoms with E-state index >= 15 is 0 Å². The maximum Gasteiger partial charge on any atom is 0.469 e. The van der Waals surface area contributed by atoms with E-state index < -0.39 is 13.4 Å². The van der Waals surface area contributed by atoms with E-state index in [1.807, 2.05) is 12.1 Å². The van der Waals surface area contributed by atoms with Gasteiger partial charge in [-0.3, -0.25) is 4.52 Å². The van der Waals surface area contributed by atoms with Crippen LogP contribution in [0.3, 0.4) is 0 Å². The van der Waals surface area contributed by atoms with Gasteiger partial charge in [-0.05, 0) is 30.9 Å². The summed E-state index contributed by atoms with van der Waals surface area (Å²) in [4.78, 5) is 25.1. The van der Waals surface area contributed by atoms with E-state index in [1.165, 1.54) is 44.1 Å². The van der Waals surface area contributed by atoms with Crippen LogP contribution in [0.15, 0.2) is 30.5 Å². The summed E-state index contributed by atoms with van der Waals surface area (Å²) in [5, 5.41) is 0. The average Bonchev–Trinajstić information content (AvgIpc) is 3.14. The Balaban J connectivity index is 1.91. The number of hydrogen-bond donors (Lipinski definition) is 4. The van der Waals surface area contributed by atoms with Gasteiger partial charge in [-0.1, -0.05) is 63.3 Å². The minimum atomic E-state index is -4.58. The Labute approximate surface area is 167 Å². The number of rotatable bonds is 12. The largest absolute Gasteiger partial charge is 0.469 e. The maximum absolute atomic E-state index is 10.9. The molecule has 1 aromatic carbocycles. The average molecular weight is 409 g/mol. The molecule has 0 aliphatic heterocycles. The molecule has 0 spiro atoms. The SMILES string of the molecule is CCCCCCCCc1ccc(-c2cnc([C@](C)(N)COP(=O)(O)O)[nH]2)cc1. The lowest BCUT2D eigenvalue weighted by Gasteiger charge is -2.22. The molecule has 0 aliphatic carbocycles. The Kier molecular flexibility index (Phi) is 8.40. The number of nitrogens with two attached hydrogens (primary N) is 1. The van der Waals surface area contributed by atoms with E-state index in [2.05, 4.69) is 33.5 Å². The van der Waals surface area contributed by atoms with Gasteiger partial charge >= 0.3 is 7.82 Å². The fourth-order valence-electron chi connectivity index (χ4n) is 3.01. The minimum Gasteiger partial charge on any atom is -0.340 e. The normalized spacial score (nSPS) is 14.2. The van der Waals surface area contributed by atoms with Gasteiger partial charge in [0.15, 0.2) is 0 Å². The molecule has 5 N–H and O–H groups in total. The Bertz CT molecular complexity index is 768. The molecule has 0 amide bonds. The number of phosphoric acid groups is 1. The third-order valence-corrected chi connectivity index (χ3v) is 5.20. The first-order chi connectivity index (χ1) is 13.2. The summed E-state index contributed by atoms with van der Waals surface area (Å²) in [5.74, 6) is 0.409. The van der Waals surface area contributed by atoms with Crippen LogP contribution in [0.25, 0.3) is 11.3 Å². The van der Waals surface area contributed by atoms with Crippen molar-refractivity contribution in [1.29, 1.82) is 0 Å². The fraction of sp³-hybridized carbons (Fsp3) is 0.550. The van der Waals surface area contributed by atoms with E-state index in [0.717, 1.165) is 17.7 Å². The van der Waals surface area contributed by atoms with E-state index in [-0.39, 0.29) is 6.61 Å². The van der Waals surface area contributed by atoms with Crippen LogP contribution in [0.1, 0.15) is 63.8 Å². The Morgan fingerprint density at radius 2 is 1.79 bits per heavy atom. The topological polar surface area (TPSA) is 121 Å². The molecular formula is C20H32N3O4P. The van der Waals surface area contributed by atoms with E-state index in [9.17, 15) is 4.57 Å². The number of nitrogens with one attached hydrogen (secondary N) is 1. The van der Waals surface area contributed by atoms with Crippen molar-refractivity contribution in [3.8, 4) is 11.3 Å². The van der Waals surface area contributed by atoms with Crippen LogP contribution in [0.4, 0.5) is 0 Å². The highest BCUT2D eigenvalue weighted by molar-refractivity contribution is 7.46. The van der Waals surface area contributed by atoms with E-state index in [1.54, 1.807) is 13.1 Å². The second-order valence-electron chi connectivity index (χ2n) is 7.54. The maximum atomic E-state index is 10.9. The summed E-state index contributed by atoms with van der Waals surface area (Å²) in [7, 11) is -4.58. The molecule has 0 saturated carbocycles. The number of aromatic nitrogens is 2. The number of phosphoric ester groups is 1. The van der Waals surface area contributed by atoms with Crippen molar-refractivity contribution in [1.82, 2.24) is 9.97 Å². The third-order valence-electron chi connectivity index (χ3n) is 4.73. The van der Waals surface area contributed by atoms with Crippen molar-refractivity contribution in [2.75, 3.05) is 6.61 Å². The predicted octanol–water partition coefficient (Wildman–Crippen LogP) is 4.26. The van der Waals surface area contributed by atoms with Gasteiger partial charge < -0.3 is 20.5 Å². The molecule has 0 aliphatic rings. The summed E-state index contributed by atoms with van der Waals surface area (Å²) >= 11 is 0. The molecule has 0 saturated heterocycles. The monoisotopic (exact) mass is 409 g/mol. The van der Waals surface area contributed by atoms with Gasteiger partial charge in [-0.15, -0.1) is 0 Å². The molecular weight excluding hydrogens is 377 g/mol. The number of nitrogens with zero attached hydrogens (tertiary/aromatic N) is 1. The van der Waals surface area contributed by atoms with Gasteiger partial charge in [0.25, 0.3) is 0 Å². The van der Waals surface area contributed by atoms with Crippen LogP contribution in [0.5, 0.6) is 0 Å². The summed E-state index contributed by atoms with van der Waals surface area (Å²) in [6.07, 6.45) is 10.5. The molecule has 156 valence electrons. The molecule has 7 nitrogen and oxygen atoms in total. The Morgan fingerprint density at radius 3 is 2.43 bits per heavy atom. The third kappa shape index (κ3) is 7.49. The number of hydrogen-bond acceptors (Lipinski definition) is 4. The smallest absolute Gasteiger partial charge is 0.340 e. The highest BCUT2D eigenvalue weighted by Gasteiger charge is 2.29. The number of aromatic amines is 1. The van der Waals surface area contributed by atoms with E-state index in [4.69, 9.17) is 15.5 Å². The number of benzene rings is 1. The van der Waals surface area contributed by atoms with Crippen molar-refractivity contribution >= 4 is 7.82 Å². The Hall–Kier alpha value is -1.50. The highest BCUT2D eigenvalue weighted by Crippen LogP contribution is 2.37. The first-order valence-corrected chi connectivity index (χ1v) is 11.4. The molecule has 8 heteroatoms. The van der Waals surface area contributed by atoms with Crippen molar-refractivity contribution in [2.45, 2.75) is 64.3 Å². The first kappa shape index (κ1) is 22.8. The molecule has 1 heterocycles. The number of H-pyrrole nitrogens is 1. The number of unbranched alkanes of at least 4 members (excludes halogenated alkanes) is 5. The molecule has 28 heavy (non-hydrogen) atoms. The summed E-state index contributed by atoms with van der Waals surface area (Å²) < 4.78 is 15.4. The van der Waals surface area contributed by atoms with E-state index in [0.29, 0.717) is 5.82 Å². The molecule has 2 aromatic rings. The minimum absolute atomic E-state index is 0.346. The molecule has 0 fully saturated rings. The van der Waals surface area contributed by atoms with Gasteiger partial charge in [-0.2, -0.15) is 0 Å². The lowest BCUT2D eigenvalue weighted by molar-refractivity contribution is 0.155. The van der Waals surface area contributed by atoms with Crippen LogP contribution >= 0.6 is 7.82 Å².